The molecular weight excluding hydrogens is 306 g/mol. The van der Waals surface area contributed by atoms with Gasteiger partial charge >= 0.3 is 5.97 Å². The minimum Gasteiger partial charge on any atom is -0.461 e. The SMILES string of the molecule is CCOC(=O)c1nc(Sc2ccncc2)sc1CN(C)C. The van der Waals surface area contributed by atoms with Crippen LogP contribution in [0.1, 0.15) is 22.3 Å². The Morgan fingerprint density at radius 1 is 1.38 bits per heavy atom. The maximum Gasteiger partial charge on any atom is 0.358 e. The van der Waals surface area contributed by atoms with Crippen LogP contribution in [0.5, 0.6) is 0 Å². The second-order valence-corrected chi connectivity index (χ2v) is 6.90. The Hall–Kier alpha value is -1.44. The molecule has 0 amide bonds. The molecule has 0 aliphatic rings. The van der Waals surface area contributed by atoms with Gasteiger partial charge in [0.25, 0.3) is 0 Å². The summed E-state index contributed by atoms with van der Waals surface area (Å²) in [5, 5.41) is 0. The molecule has 0 N–H and O–H groups in total. The Bertz CT molecular complexity index is 600. The topological polar surface area (TPSA) is 55.3 Å². The summed E-state index contributed by atoms with van der Waals surface area (Å²) in [4.78, 5) is 24.4. The number of rotatable bonds is 6. The smallest absolute Gasteiger partial charge is 0.358 e. The van der Waals surface area contributed by atoms with Crippen LogP contribution in [0.4, 0.5) is 0 Å². The number of esters is 1. The number of aromatic nitrogens is 2. The highest BCUT2D eigenvalue weighted by Gasteiger charge is 2.20. The van der Waals surface area contributed by atoms with E-state index in [1.165, 1.54) is 23.1 Å². The van der Waals surface area contributed by atoms with Crippen molar-refractivity contribution in [2.24, 2.45) is 0 Å². The second kappa shape index (κ2) is 7.53. The van der Waals surface area contributed by atoms with Gasteiger partial charge in [-0.05, 0) is 33.2 Å². The molecule has 5 nitrogen and oxygen atoms in total. The first-order valence-corrected chi connectivity index (χ1v) is 8.13. The van der Waals surface area contributed by atoms with Crippen LogP contribution in [0.25, 0.3) is 0 Å². The van der Waals surface area contributed by atoms with Gasteiger partial charge in [-0.2, -0.15) is 0 Å². The van der Waals surface area contributed by atoms with Crippen molar-refractivity contribution < 1.29 is 9.53 Å². The van der Waals surface area contributed by atoms with Crippen LogP contribution in [-0.2, 0) is 11.3 Å². The molecule has 2 heterocycles. The summed E-state index contributed by atoms with van der Waals surface area (Å²) in [6.45, 7) is 2.82. The largest absolute Gasteiger partial charge is 0.461 e. The van der Waals surface area contributed by atoms with Gasteiger partial charge in [-0.15, -0.1) is 11.3 Å². The fourth-order valence-corrected chi connectivity index (χ4v) is 3.88. The number of ether oxygens (including phenoxy) is 1. The zero-order valence-electron chi connectivity index (χ0n) is 12.2. The molecule has 21 heavy (non-hydrogen) atoms. The molecule has 0 unspecified atom stereocenters. The number of thiazole rings is 1. The molecule has 0 radical (unpaired) electrons. The minimum absolute atomic E-state index is 0.352. The lowest BCUT2D eigenvalue weighted by Crippen LogP contribution is -2.14. The van der Waals surface area contributed by atoms with Crippen molar-refractivity contribution in [3.05, 3.63) is 35.1 Å². The average molecular weight is 323 g/mol. The molecule has 0 saturated carbocycles. The first-order chi connectivity index (χ1) is 10.1. The highest BCUT2D eigenvalue weighted by molar-refractivity contribution is 8.01. The number of hydrogen-bond acceptors (Lipinski definition) is 7. The summed E-state index contributed by atoms with van der Waals surface area (Å²) in [5.41, 5.74) is 0.423. The van der Waals surface area contributed by atoms with Gasteiger partial charge in [0.2, 0.25) is 0 Å². The van der Waals surface area contributed by atoms with Crippen molar-refractivity contribution >= 4 is 29.1 Å². The van der Waals surface area contributed by atoms with E-state index in [4.69, 9.17) is 4.74 Å². The van der Waals surface area contributed by atoms with E-state index >= 15 is 0 Å². The highest BCUT2D eigenvalue weighted by Crippen LogP contribution is 2.33. The van der Waals surface area contributed by atoms with E-state index in [0.29, 0.717) is 18.8 Å². The summed E-state index contributed by atoms with van der Waals surface area (Å²) >= 11 is 3.05. The number of carbonyl (C=O) groups excluding carboxylic acids is 1. The fourth-order valence-electron chi connectivity index (χ4n) is 1.63. The third kappa shape index (κ3) is 4.52. The molecule has 2 aromatic rings. The lowest BCUT2D eigenvalue weighted by atomic mass is 10.3. The Morgan fingerprint density at radius 3 is 2.71 bits per heavy atom. The molecule has 0 bridgehead atoms. The molecule has 0 aliphatic heterocycles. The van der Waals surface area contributed by atoms with Crippen molar-refractivity contribution in [2.45, 2.75) is 22.7 Å². The molecule has 0 saturated heterocycles. The van der Waals surface area contributed by atoms with Crippen LogP contribution in [0.2, 0.25) is 0 Å². The molecule has 2 rings (SSSR count). The van der Waals surface area contributed by atoms with Gasteiger partial charge in [0, 0.05) is 23.8 Å². The normalized spacial score (nSPS) is 10.9. The van der Waals surface area contributed by atoms with Gasteiger partial charge in [0.05, 0.1) is 11.5 Å². The zero-order valence-corrected chi connectivity index (χ0v) is 13.8. The Balaban J connectivity index is 2.24. The lowest BCUT2D eigenvalue weighted by Gasteiger charge is -2.08. The van der Waals surface area contributed by atoms with Crippen molar-refractivity contribution in [1.82, 2.24) is 14.9 Å². The second-order valence-electron chi connectivity index (χ2n) is 4.49. The molecule has 0 spiro atoms. The quantitative estimate of drug-likeness (QED) is 0.762. The van der Waals surface area contributed by atoms with Gasteiger partial charge in [0.1, 0.15) is 0 Å². The number of hydrogen-bond donors (Lipinski definition) is 0. The Kier molecular flexibility index (Phi) is 5.72. The van der Waals surface area contributed by atoms with Gasteiger partial charge in [-0.25, -0.2) is 9.78 Å². The van der Waals surface area contributed by atoms with Crippen LogP contribution < -0.4 is 0 Å². The van der Waals surface area contributed by atoms with E-state index in [-0.39, 0.29) is 5.97 Å². The van der Waals surface area contributed by atoms with Gasteiger partial charge in [0.15, 0.2) is 10.0 Å². The highest BCUT2D eigenvalue weighted by atomic mass is 32.2. The third-order valence-electron chi connectivity index (χ3n) is 2.46. The Morgan fingerprint density at radius 2 is 2.10 bits per heavy atom. The molecule has 0 aromatic carbocycles. The molecule has 112 valence electrons. The first-order valence-electron chi connectivity index (χ1n) is 6.49. The van der Waals surface area contributed by atoms with Crippen molar-refractivity contribution in [1.29, 1.82) is 0 Å². The predicted octanol–water partition coefficient (Wildman–Crippen LogP) is 2.93. The van der Waals surface area contributed by atoms with Crippen LogP contribution >= 0.6 is 23.1 Å². The molecular formula is C14H17N3O2S2. The molecule has 0 atom stereocenters. The number of pyridine rings is 1. The van der Waals surface area contributed by atoms with Crippen LogP contribution in [0.15, 0.2) is 33.8 Å². The van der Waals surface area contributed by atoms with Crippen molar-refractivity contribution in [3.8, 4) is 0 Å². The summed E-state index contributed by atoms with van der Waals surface area (Å²) in [7, 11) is 3.93. The molecule has 0 aliphatic carbocycles. The number of nitrogens with zero attached hydrogens (tertiary/aromatic N) is 3. The van der Waals surface area contributed by atoms with Gasteiger partial charge in [-0.1, -0.05) is 11.8 Å². The fraction of sp³-hybridized carbons (Fsp3) is 0.357. The van der Waals surface area contributed by atoms with Crippen LogP contribution in [0.3, 0.4) is 0 Å². The average Bonchev–Trinajstić information content (AvgIpc) is 2.82. The molecule has 2 aromatic heterocycles. The van der Waals surface area contributed by atoms with E-state index < -0.39 is 0 Å². The van der Waals surface area contributed by atoms with E-state index in [0.717, 1.165) is 14.1 Å². The van der Waals surface area contributed by atoms with E-state index in [1.54, 1.807) is 19.3 Å². The van der Waals surface area contributed by atoms with Gasteiger partial charge < -0.3 is 9.64 Å². The number of carbonyl (C=O) groups is 1. The van der Waals surface area contributed by atoms with Crippen molar-refractivity contribution in [3.63, 3.8) is 0 Å². The first kappa shape index (κ1) is 15.9. The summed E-state index contributed by atoms with van der Waals surface area (Å²) in [5.74, 6) is -0.354. The molecule has 7 heteroatoms. The minimum atomic E-state index is -0.354. The maximum atomic E-state index is 12.0. The van der Waals surface area contributed by atoms with E-state index in [2.05, 4.69) is 9.97 Å². The summed E-state index contributed by atoms with van der Waals surface area (Å²) < 4.78 is 5.92. The van der Waals surface area contributed by atoms with Crippen molar-refractivity contribution in [2.75, 3.05) is 20.7 Å². The standard InChI is InChI=1S/C14H17N3O2S2/c1-4-19-13(18)12-11(9-17(2)3)21-14(16-12)20-10-5-7-15-8-6-10/h5-8H,4,9H2,1-3H3. The zero-order chi connectivity index (χ0) is 15.2. The monoisotopic (exact) mass is 323 g/mol. The summed E-state index contributed by atoms with van der Waals surface area (Å²) in [6, 6.07) is 3.84. The lowest BCUT2D eigenvalue weighted by molar-refractivity contribution is 0.0518. The molecule has 0 fully saturated rings. The maximum absolute atomic E-state index is 12.0. The van der Waals surface area contributed by atoms with E-state index in [9.17, 15) is 4.79 Å². The predicted molar refractivity (Wildman–Crippen MR) is 83.8 cm³/mol. The van der Waals surface area contributed by atoms with Crippen LogP contribution in [-0.4, -0.2) is 41.5 Å². The van der Waals surface area contributed by atoms with E-state index in [1.807, 2.05) is 31.1 Å². The Labute approximate surface area is 132 Å². The van der Waals surface area contributed by atoms with Crippen LogP contribution in [0, 0.1) is 0 Å². The summed E-state index contributed by atoms with van der Waals surface area (Å²) in [6.07, 6.45) is 3.48. The third-order valence-corrected chi connectivity index (χ3v) is 4.57. The van der Waals surface area contributed by atoms with Gasteiger partial charge in [-0.3, -0.25) is 4.98 Å².